The highest BCUT2D eigenvalue weighted by molar-refractivity contribution is 5.99. The van der Waals surface area contributed by atoms with E-state index in [9.17, 15) is 9.59 Å². The predicted octanol–water partition coefficient (Wildman–Crippen LogP) is 0.437. The van der Waals surface area contributed by atoms with Crippen LogP contribution in [0, 0.1) is 0 Å². The number of piperazine rings is 1. The summed E-state index contributed by atoms with van der Waals surface area (Å²) in [5.41, 5.74) is 0.0742. The Labute approximate surface area is 107 Å². The molecule has 0 bridgehead atoms. The lowest BCUT2D eigenvalue weighted by Gasteiger charge is -2.29. The standard InChI is InChI=1S/C13H20N2O3/c16-11-7-14-8-12(17)15(11)9-10-3-6-13(18-10)4-1-2-5-13/h10,14H,1-9H2. The fourth-order valence-electron chi connectivity index (χ4n) is 3.42. The molecule has 5 heteroatoms. The molecule has 5 nitrogen and oxygen atoms in total. The molecule has 18 heavy (non-hydrogen) atoms. The minimum Gasteiger partial charge on any atom is -0.370 e. The van der Waals surface area contributed by atoms with Crippen molar-refractivity contribution in [1.29, 1.82) is 0 Å². The van der Waals surface area contributed by atoms with Gasteiger partial charge in [-0.15, -0.1) is 0 Å². The summed E-state index contributed by atoms with van der Waals surface area (Å²) in [6.45, 7) is 0.980. The number of nitrogens with zero attached hydrogens (tertiary/aromatic N) is 1. The van der Waals surface area contributed by atoms with Crippen LogP contribution in [0.1, 0.15) is 38.5 Å². The third-order valence-electron chi connectivity index (χ3n) is 4.39. The van der Waals surface area contributed by atoms with Crippen molar-refractivity contribution in [2.24, 2.45) is 0 Å². The Kier molecular flexibility index (Phi) is 3.11. The molecule has 3 aliphatic rings. The molecule has 2 saturated heterocycles. The first-order valence-corrected chi connectivity index (χ1v) is 6.90. The molecule has 1 saturated carbocycles. The average Bonchev–Trinajstić information content (AvgIpc) is 2.96. The summed E-state index contributed by atoms with van der Waals surface area (Å²) in [4.78, 5) is 24.8. The quantitative estimate of drug-likeness (QED) is 0.724. The van der Waals surface area contributed by atoms with Gasteiger partial charge >= 0.3 is 0 Å². The summed E-state index contributed by atoms with van der Waals surface area (Å²) in [7, 11) is 0. The lowest BCUT2D eigenvalue weighted by Crippen LogP contribution is -2.54. The third-order valence-corrected chi connectivity index (χ3v) is 4.39. The number of ether oxygens (including phenoxy) is 1. The fraction of sp³-hybridized carbons (Fsp3) is 0.846. The van der Waals surface area contributed by atoms with Crippen molar-refractivity contribution in [2.45, 2.75) is 50.2 Å². The van der Waals surface area contributed by atoms with Crippen LogP contribution in [0.4, 0.5) is 0 Å². The molecule has 0 aromatic rings. The first kappa shape index (κ1) is 12.1. The van der Waals surface area contributed by atoms with Gasteiger partial charge < -0.3 is 4.74 Å². The molecular weight excluding hydrogens is 232 g/mol. The van der Waals surface area contributed by atoms with Gasteiger partial charge in [-0.2, -0.15) is 0 Å². The highest BCUT2D eigenvalue weighted by Gasteiger charge is 2.43. The molecule has 0 aromatic heterocycles. The summed E-state index contributed by atoms with van der Waals surface area (Å²) >= 11 is 0. The van der Waals surface area contributed by atoms with E-state index in [-0.39, 0.29) is 36.6 Å². The molecule has 100 valence electrons. The number of hydrogen-bond acceptors (Lipinski definition) is 4. The van der Waals surface area contributed by atoms with Crippen molar-refractivity contribution in [3.63, 3.8) is 0 Å². The fourth-order valence-corrected chi connectivity index (χ4v) is 3.42. The molecule has 2 heterocycles. The monoisotopic (exact) mass is 252 g/mol. The molecule has 0 aromatic carbocycles. The van der Waals surface area contributed by atoms with Crippen LogP contribution in [-0.4, -0.2) is 48.1 Å². The van der Waals surface area contributed by atoms with Gasteiger partial charge in [0.05, 0.1) is 31.3 Å². The Hall–Kier alpha value is -0.940. The van der Waals surface area contributed by atoms with Crippen molar-refractivity contribution in [1.82, 2.24) is 10.2 Å². The summed E-state index contributed by atoms with van der Waals surface area (Å²) in [6.07, 6.45) is 6.90. The highest BCUT2D eigenvalue weighted by atomic mass is 16.5. The normalized spacial score (nSPS) is 31.6. The largest absolute Gasteiger partial charge is 0.370 e. The van der Waals surface area contributed by atoms with Gasteiger partial charge in [0.25, 0.3) is 0 Å². The van der Waals surface area contributed by atoms with Crippen LogP contribution >= 0.6 is 0 Å². The second kappa shape index (κ2) is 4.63. The van der Waals surface area contributed by atoms with Crippen molar-refractivity contribution in [3.05, 3.63) is 0 Å². The van der Waals surface area contributed by atoms with Gasteiger partial charge in [-0.05, 0) is 25.7 Å². The number of carbonyl (C=O) groups excluding carboxylic acids is 2. The van der Waals surface area contributed by atoms with Gasteiger partial charge in [0.15, 0.2) is 0 Å². The molecule has 1 unspecified atom stereocenters. The number of imide groups is 1. The van der Waals surface area contributed by atoms with Gasteiger partial charge in [-0.1, -0.05) is 12.8 Å². The smallest absolute Gasteiger partial charge is 0.243 e. The molecule has 1 atom stereocenters. The van der Waals surface area contributed by atoms with Crippen molar-refractivity contribution in [2.75, 3.05) is 19.6 Å². The Morgan fingerprint density at radius 3 is 2.50 bits per heavy atom. The minimum absolute atomic E-state index is 0.0501. The Morgan fingerprint density at radius 1 is 1.17 bits per heavy atom. The van der Waals surface area contributed by atoms with Crippen LogP contribution in [0.2, 0.25) is 0 Å². The van der Waals surface area contributed by atoms with Gasteiger partial charge in [0.1, 0.15) is 0 Å². The van der Waals surface area contributed by atoms with Crippen molar-refractivity contribution >= 4 is 11.8 Å². The summed E-state index contributed by atoms with van der Waals surface area (Å²) < 4.78 is 6.14. The zero-order chi connectivity index (χ0) is 12.6. The van der Waals surface area contributed by atoms with Crippen LogP contribution in [0.3, 0.4) is 0 Å². The van der Waals surface area contributed by atoms with Crippen LogP contribution in [0.5, 0.6) is 0 Å². The maximum atomic E-state index is 11.7. The third kappa shape index (κ3) is 2.17. The number of rotatable bonds is 2. The van der Waals surface area contributed by atoms with E-state index in [2.05, 4.69) is 5.32 Å². The van der Waals surface area contributed by atoms with E-state index in [0.29, 0.717) is 6.54 Å². The van der Waals surface area contributed by atoms with Crippen molar-refractivity contribution in [3.8, 4) is 0 Å². The molecule has 2 amide bonds. The Morgan fingerprint density at radius 2 is 1.83 bits per heavy atom. The van der Waals surface area contributed by atoms with Gasteiger partial charge in [-0.3, -0.25) is 19.8 Å². The Bertz CT molecular complexity index is 347. The second-order valence-corrected chi connectivity index (χ2v) is 5.67. The maximum absolute atomic E-state index is 11.7. The summed E-state index contributed by atoms with van der Waals surface area (Å²) in [5, 5.41) is 2.81. The van der Waals surface area contributed by atoms with Crippen LogP contribution in [0.15, 0.2) is 0 Å². The maximum Gasteiger partial charge on any atom is 0.243 e. The zero-order valence-electron chi connectivity index (χ0n) is 10.6. The first-order chi connectivity index (χ1) is 8.69. The minimum atomic E-state index is -0.123. The first-order valence-electron chi connectivity index (χ1n) is 6.90. The predicted molar refractivity (Wildman–Crippen MR) is 64.9 cm³/mol. The summed E-state index contributed by atoms with van der Waals surface area (Å²) in [5.74, 6) is -0.246. The molecule has 1 N–H and O–H groups in total. The molecule has 3 fully saturated rings. The molecule has 3 rings (SSSR count). The van der Waals surface area contributed by atoms with E-state index in [1.54, 1.807) is 0 Å². The second-order valence-electron chi connectivity index (χ2n) is 5.67. The number of carbonyl (C=O) groups is 2. The Balaban J connectivity index is 1.60. The van der Waals surface area contributed by atoms with Crippen LogP contribution < -0.4 is 5.32 Å². The molecule has 0 radical (unpaired) electrons. The molecular formula is C13H20N2O3. The zero-order valence-corrected chi connectivity index (χ0v) is 10.6. The van der Waals surface area contributed by atoms with E-state index in [1.165, 1.54) is 17.7 Å². The number of hydrogen-bond donors (Lipinski definition) is 1. The van der Waals surface area contributed by atoms with E-state index >= 15 is 0 Å². The SMILES string of the molecule is O=C1CNCC(=O)N1CC1CCC2(CCCC2)O1. The lowest BCUT2D eigenvalue weighted by molar-refractivity contribution is -0.149. The van der Waals surface area contributed by atoms with E-state index in [4.69, 9.17) is 4.74 Å². The number of nitrogens with one attached hydrogen (secondary N) is 1. The molecule has 2 aliphatic heterocycles. The average molecular weight is 252 g/mol. The van der Waals surface area contributed by atoms with E-state index in [1.807, 2.05) is 0 Å². The molecule has 1 aliphatic carbocycles. The lowest BCUT2D eigenvalue weighted by atomic mass is 9.98. The van der Waals surface area contributed by atoms with Gasteiger partial charge in [0, 0.05) is 0 Å². The number of amides is 2. The van der Waals surface area contributed by atoms with Crippen LogP contribution in [0.25, 0.3) is 0 Å². The van der Waals surface area contributed by atoms with Gasteiger partial charge in [0.2, 0.25) is 11.8 Å². The van der Waals surface area contributed by atoms with Gasteiger partial charge in [-0.25, -0.2) is 0 Å². The molecule has 1 spiro atoms. The topological polar surface area (TPSA) is 58.6 Å². The van der Waals surface area contributed by atoms with Crippen LogP contribution in [-0.2, 0) is 14.3 Å². The van der Waals surface area contributed by atoms with E-state index in [0.717, 1.165) is 25.7 Å². The highest BCUT2D eigenvalue weighted by Crippen LogP contribution is 2.43. The van der Waals surface area contributed by atoms with Crippen molar-refractivity contribution < 1.29 is 14.3 Å². The summed E-state index contributed by atoms with van der Waals surface area (Å²) in [6, 6.07) is 0. The van der Waals surface area contributed by atoms with E-state index < -0.39 is 0 Å².